The maximum absolute atomic E-state index is 12.0. The molecule has 1 amide bonds. The second-order valence-corrected chi connectivity index (χ2v) is 5.64. The number of thiazole rings is 1. The Morgan fingerprint density at radius 3 is 3.06 bits per heavy atom. The van der Waals surface area contributed by atoms with Crippen molar-refractivity contribution >= 4 is 17.2 Å². The van der Waals surface area contributed by atoms with Crippen molar-refractivity contribution in [2.45, 2.75) is 32.7 Å². The van der Waals surface area contributed by atoms with Crippen molar-refractivity contribution in [3.8, 4) is 0 Å². The number of nitrogens with zero attached hydrogens (tertiary/aromatic N) is 2. The summed E-state index contributed by atoms with van der Waals surface area (Å²) in [5, 5.41) is 3.08. The number of hydrogen-bond acceptors (Lipinski definition) is 3. The number of rotatable bonds is 4. The van der Waals surface area contributed by atoms with Gasteiger partial charge in [-0.25, -0.2) is 4.98 Å². The highest BCUT2D eigenvalue weighted by Crippen LogP contribution is 2.21. The Hall–Kier alpha value is -1.16. The van der Waals surface area contributed by atoms with Gasteiger partial charge >= 0.3 is 0 Å². The van der Waals surface area contributed by atoms with Crippen LogP contribution in [0.25, 0.3) is 0 Å². The SMILES string of the molecule is Cc1nc(CN(C)C(=O)C[C@H]2C=CCC2)cs1. The van der Waals surface area contributed by atoms with Crippen molar-refractivity contribution in [2.24, 2.45) is 5.92 Å². The van der Waals surface area contributed by atoms with Crippen molar-refractivity contribution in [2.75, 3.05) is 7.05 Å². The Morgan fingerprint density at radius 1 is 1.65 bits per heavy atom. The standard InChI is InChI=1S/C13H18N2OS/c1-10-14-12(9-17-10)8-15(2)13(16)7-11-5-3-4-6-11/h3,5,9,11H,4,6-8H2,1-2H3/t11-/m0/s1. The van der Waals surface area contributed by atoms with Gasteiger partial charge in [-0.15, -0.1) is 11.3 Å². The van der Waals surface area contributed by atoms with Gasteiger partial charge in [0.2, 0.25) is 5.91 Å². The lowest BCUT2D eigenvalue weighted by atomic mass is 10.0. The van der Waals surface area contributed by atoms with Crippen molar-refractivity contribution < 1.29 is 4.79 Å². The molecule has 1 aromatic heterocycles. The molecule has 0 saturated carbocycles. The highest BCUT2D eigenvalue weighted by molar-refractivity contribution is 7.09. The summed E-state index contributed by atoms with van der Waals surface area (Å²) in [5.41, 5.74) is 0.991. The summed E-state index contributed by atoms with van der Waals surface area (Å²) >= 11 is 1.63. The average molecular weight is 250 g/mol. The largest absolute Gasteiger partial charge is 0.340 e. The van der Waals surface area contributed by atoms with Crippen LogP contribution in [0.4, 0.5) is 0 Å². The fraction of sp³-hybridized carbons (Fsp3) is 0.538. The Morgan fingerprint density at radius 2 is 2.47 bits per heavy atom. The first-order chi connectivity index (χ1) is 8.15. The molecule has 0 aromatic carbocycles. The third-order valence-electron chi connectivity index (χ3n) is 3.04. The first-order valence-corrected chi connectivity index (χ1v) is 6.85. The molecule has 0 saturated heterocycles. The molecule has 1 heterocycles. The molecule has 17 heavy (non-hydrogen) atoms. The predicted molar refractivity (Wildman–Crippen MR) is 69.8 cm³/mol. The van der Waals surface area contributed by atoms with Crippen LogP contribution in [0, 0.1) is 12.8 Å². The second-order valence-electron chi connectivity index (χ2n) is 4.58. The van der Waals surface area contributed by atoms with Gasteiger partial charge in [0.15, 0.2) is 0 Å². The number of amides is 1. The van der Waals surface area contributed by atoms with Crippen LogP contribution >= 0.6 is 11.3 Å². The van der Waals surface area contributed by atoms with Gasteiger partial charge in [-0.3, -0.25) is 4.79 Å². The minimum Gasteiger partial charge on any atom is -0.340 e. The van der Waals surface area contributed by atoms with Crippen LogP contribution in [-0.4, -0.2) is 22.8 Å². The van der Waals surface area contributed by atoms with E-state index in [1.807, 2.05) is 19.4 Å². The van der Waals surface area contributed by atoms with Crippen LogP contribution < -0.4 is 0 Å². The van der Waals surface area contributed by atoms with E-state index in [-0.39, 0.29) is 5.91 Å². The first-order valence-electron chi connectivity index (χ1n) is 5.97. The van der Waals surface area contributed by atoms with Crippen molar-refractivity contribution in [1.82, 2.24) is 9.88 Å². The first kappa shape index (κ1) is 12.3. The lowest BCUT2D eigenvalue weighted by molar-refractivity contribution is -0.131. The number of aromatic nitrogens is 1. The van der Waals surface area contributed by atoms with Gasteiger partial charge < -0.3 is 4.90 Å². The summed E-state index contributed by atoms with van der Waals surface area (Å²) in [4.78, 5) is 18.1. The molecular weight excluding hydrogens is 232 g/mol. The molecule has 0 unspecified atom stereocenters. The zero-order valence-corrected chi connectivity index (χ0v) is 11.2. The summed E-state index contributed by atoms with van der Waals surface area (Å²) in [6.45, 7) is 2.61. The molecule has 0 N–H and O–H groups in total. The molecule has 4 heteroatoms. The summed E-state index contributed by atoms with van der Waals surface area (Å²) < 4.78 is 0. The number of carbonyl (C=O) groups is 1. The molecule has 1 aliphatic rings. The highest BCUT2D eigenvalue weighted by atomic mass is 32.1. The molecule has 0 bridgehead atoms. The van der Waals surface area contributed by atoms with Crippen molar-refractivity contribution in [3.05, 3.63) is 28.2 Å². The van der Waals surface area contributed by atoms with E-state index in [0.29, 0.717) is 18.9 Å². The summed E-state index contributed by atoms with van der Waals surface area (Å²) in [7, 11) is 1.86. The van der Waals surface area contributed by atoms with E-state index in [9.17, 15) is 4.79 Å². The van der Waals surface area contributed by atoms with E-state index in [1.54, 1.807) is 16.2 Å². The van der Waals surface area contributed by atoms with E-state index < -0.39 is 0 Å². The molecular formula is C13H18N2OS. The minimum atomic E-state index is 0.215. The Labute approximate surface area is 106 Å². The lowest BCUT2D eigenvalue weighted by Gasteiger charge is -2.17. The molecule has 0 fully saturated rings. The smallest absolute Gasteiger partial charge is 0.223 e. The number of allylic oxidation sites excluding steroid dienone is 2. The highest BCUT2D eigenvalue weighted by Gasteiger charge is 2.17. The maximum atomic E-state index is 12.0. The number of aryl methyl sites for hydroxylation is 1. The van der Waals surface area contributed by atoms with Gasteiger partial charge in [0.1, 0.15) is 0 Å². The summed E-state index contributed by atoms with van der Waals surface area (Å²) in [6, 6.07) is 0. The van der Waals surface area contributed by atoms with E-state index >= 15 is 0 Å². The molecule has 0 aliphatic heterocycles. The maximum Gasteiger partial charge on any atom is 0.223 e. The van der Waals surface area contributed by atoms with Gasteiger partial charge in [-0.1, -0.05) is 12.2 Å². The third kappa shape index (κ3) is 3.40. The summed E-state index contributed by atoms with van der Waals surface area (Å²) in [6.07, 6.45) is 7.21. The van der Waals surface area contributed by atoms with Gasteiger partial charge in [-0.2, -0.15) is 0 Å². The lowest BCUT2D eigenvalue weighted by Crippen LogP contribution is -2.27. The quantitative estimate of drug-likeness (QED) is 0.770. The number of carbonyl (C=O) groups excluding carboxylic acids is 1. The molecule has 1 aliphatic carbocycles. The summed E-state index contributed by atoms with van der Waals surface area (Å²) in [5.74, 6) is 0.661. The fourth-order valence-electron chi connectivity index (χ4n) is 2.06. The molecule has 92 valence electrons. The van der Waals surface area contributed by atoms with Gasteiger partial charge in [0.25, 0.3) is 0 Å². The third-order valence-corrected chi connectivity index (χ3v) is 3.86. The van der Waals surface area contributed by atoms with Gasteiger partial charge in [0.05, 0.1) is 17.2 Å². The molecule has 0 spiro atoms. The van der Waals surface area contributed by atoms with Gasteiger partial charge in [0, 0.05) is 18.8 Å². The van der Waals surface area contributed by atoms with E-state index in [0.717, 1.165) is 23.5 Å². The Bertz CT molecular complexity index is 425. The molecule has 1 aromatic rings. The zero-order valence-electron chi connectivity index (χ0n) is 10.3. The van der Waals surface area contributed by atoms with E-state index in [2.05, 4.69) is 17.1 Å². The normalized spacial score (nSPS) is 18.6. The van der Waals surface area contributed by atoms with Crippen molar-refractivity contribution in [1.29, 1.82) is 0 Å². The predicted octanol–water partition coefficient (Wildman–Crippen LogP) is 2.77. The van der Waals surface area contributed by atoms with Crippen LogP contribution in [0.1, 0.15) is 30.0 Å². The molecule has 3 nitrogen and oxygen atoms in total. The fourth-order valence-corrected chi connectivity index (χ4v) is 2.66. The average Bonchev–Trinajstić information content (AvgIpc) is 2.90. The van der Waals surface area contributed by atoms with Crippen LogP contribution in [0.5, 0.6) is 0 Å². The van der Waals surface area contributed by atoms with E-state index in [4.69, 9.17) is 0 Å². The minimum absolute atomic E-state index is 0.215. The molecule has 2 rings (SSSR count). The Kier molecular flexibility index (Phi) is 3.94. The van der Waals surface area contributed by atoms with E-state index in [1.165, 1.54) is 0 Å². The zero-order chi connectivity index (χ0) is 12.3. The van der Waals surface area contributed by atoms with Crippen LogP contribution in [0.15, 0.2) is 17.5 Å². The van der Waals surface area contributed by atoms with Gasteiger partial charge in [-0.05, 0) is 25.7 Å². The van der Waals surface area contributed by atoms with Crippen LogP contribution in [0.3, 0.4) is 0 Å². The van der Waals surface area contributed by atoms with Crippen LogP contribution in [0.2, 0.25) is 0 Å². The second kappa shape index (κ2) is 5.45. The van der Waals surface area contributed by atoms with Crippen LogP contribution in [-0.2, 0) is 11.3 Å². The Balaban J connectivity index is 1.84. The monoisotopic (exact) mass is 250 g/mol. The van der Waals surface area contributed by atoms with Crippen molar-refractivity contribution in [3.63, 3.8) is 0 Å². The molecule has 0 radical (unpaired) electrons. The number of hydrogen-bond donors (Lipinski definition) is 0. The molecule has 1 atom stereocenters. The topological polar surface area (TPSA) is 33.2 Å².